The van der Waals surface area contributed by atoms with E-state index < -0.39 is 9.84 Å². The molecule has 0 bridgehead atoms. The van der Waals surface area contributed by atoms with Gasteiger partial charge in [-0.05, 0) is 24.7 Å². The van der Waals surface area contributed by atoms with Crippen molar-refractivity contribution in [1.82, 2.24) is 0 Å². The summed E-state index contributed by atoms with van der Waals surface area (Å²) in [6.45, 7) is 4.37. The minimum absolute atomic E-state index is 0.306. The van der Waals surface area contributed by atoms with Crippen molar-refractivity contribution in [1.29, 1.82) is 0 Å². The second-order valence-electron chi connectivity index (χ2n) is 4.21. The molecule has 1 fully saturated rings. The normalized spacial score (nSPS) is 26.8. The molecule has 0 spiro atoms. The van der Waals surface area contributed by atoms with Crippen LogP contribution in [-0.2, 0) is 9.84 Å². The van der Waals surface area contributed by atoms with Gasteiger partial charge in [0.15, 0.2) is 0 Å². The van der Waals surface area contributed by atoms with E-state index in [2.05, 4.69) is 13.8 Å². The van der Waals surface area contributed by atoms with Crippen LogP contribution in [0.4, 0.5) is 0 Å². The minimum Gasteiger partial charge on any atom is -0.229 e. The van der Waals surface area contributed by atoms with Crippen molar-refractivity contribution in [2.75, 3.05) is 11.5 Å². The third kappa shape index (κ3) is 2.47. The summed E-state index contributed by atoms with van der Waals surface area (Å²) in [4.78, 5) is 0. The standard InChI is InChI=1S/C9H18O2S/c1-3-4-9(2)5-7-12(10,11)8-6-9/h3-8H2,1-2H3. The van der Waals surface area contributed by atoms with Crippen LogP contribution >= 0.6 is 0 Å². The zero-order valence-electron chi connectivity index (χ0n) is 7.97. The lowest BCUT2D eigenvalue weighted by atomic mass is 9.80. The number of sulfone groups is 1. The molecule has 0 N–H and O–H groups in total. The average Bonchev–Trinajstić information content (AvgIpc) is 1.98. The summed E-state index contributed by atoms with van der Waals surface area (Å²) in [6.07, 6.45) is 4.06. The summed E-state index contributed by atoms with van der Waals surface area (Å²) in [5.74, 6) is 0.812. The van der Waals surface area contributed by atoms with Crippen LogP contribution in [0.1, 0.15) is 39.5 Å². The predicted octanol–water partition coefficient (Wildman–Crippen LogP) is 2.00. The van der Waals surface area contributed by atoms with Gasteiger partial charge in [-0.25, -0.2) is 8.42 Å². The summed E-state index contributed by atoms with van der Waals surface area (Å²) in [7, 11) is -2.67. The zero-order chi connectivity index (χ0) is 9.24. The molecule has 0 amide bonds. The van der Waals surface area contributed by atoms with E-state index in [0.717, 1.165) is 19.3 Å². The summed E-state index contributed by atoms with van der Waals surface area (Å²) < 4.78 is 22.3. The first-order chi connectivity index (χ1) is 5.47. The monoisotopic (exact) mass is 190 g/mol. The van der Waals surface area contributed by atoms with Crippen molar-refractivity contribution in [3.05, 3.63) is 0 Å². The molecule has 1 aliphatic rings. The molecule has 2 nitrogen and oxygen atoms in total. The maximum Gasteiger partial charge on any atom is 0.150 e. The third-order valence-corrected chi connectivity index (χ3v) is 4.54. The highest BCUT2D eigenvalue weighted by Gasteiger charge is 2.32. The van der Waals surface area contributed by atoms with Gasteiger partial charge in [0.05, 0.1) is 11.5 Å². The summed E-state index contributed by atoms with van der Waals surface area (Å²) >= 11 is 0. The van der Waals surface area contributed by atoms with Gasteiger partial charge in [-0.2, -0.15) is 0 Å². The van der Waals surface area contributed by atoms with E-state index in [4.69, 9.17) is 0 Å². The Morgan fingerprint density at radius 3 is 2.17 bits per heavy atom. The van der Waals surface area contributed by atoms with Crippen LogP contribution in [0.3, 0.4) is 0 Å². The zero-order valence-corrected chi connectivity index (χ0v) is 8.78. The van der Waals surface area contributed by atoms with E-state index in [1.807, 2.05) is 0 Å². The van der Waals surface area contributed by atoms with E-state index in [1.165, 1.54) is 6.42 Å². The lowest BCUT2D eigenvalue weighted by Gasteiger charge is -2.32. The van der Waals surface area contributed by atoms with Crippen LogP contribution in [0.2, 0.25) is 0 Å². The molecule has 72 valence electrons. The smallest absolute Gasteiger partial charge is 0.150 e. The summed E-state index contributed by atoms with van der Waals surface area (Å²) in [5.41, 5.74) is 0.306. The van der Waals surface area contributed by atoms with Crippen LogP contribution in [-0.4, -0.2) is 19.9 Å². The maximum atomic E-state index is 11.1. The van der Waals surface area contributed by atoms with Crippen LogP contribution in [0.15, 0.2) is 0 Å². The van der Waals surface area contributed by atoms with Crippen molar-refractivity contribution in [3.63, 3.8) is 0 Å². The quantitative estimate of drug-likeness (QED) is 0.667. The van der Waals surface area contributed by atoms with Gasteiger partial charge in [0.1, 0.15) is 9.84 Å². The maximum absolute atomic E-state index is 11.1. The molecule has 12 heavy (non-hydrogen) atoms. The van der Waals surface area contributed by atoms with Gasteiger partial charge < -0.3 is 0 Å². The van der Waals surface area contributed by atoms with Crippen molar-refractivity contribution in [3.8, 4) is 0 Å². The Labute approximate surface area is 75.3 Å². The predicted molar refractivity (Wildman–Crippen MR) is 50.9 cm³/mol. The molecule has 3 heteroatoms. The van der Waals surface area contributed by atoms with E-state index >= 15 is 0 Å². The van der Waals surface area contributed by atoms with Crippen LogP contribution in [0.25, 0.3) is 0 Å². The van der Waals surface area contributed by atoms with Gasteiger partial charge in [0.2, 0.25) is 0 Å². The Hall–Kier alpha value is -0.0500. The molecule has 1 aliphatic heterocycles. The minimum atomic E-state index is -2.67. The lowest BCUT2D eigenvalue weighted by Crippen LogP contribution is -2.31. The molecule has 0 aliphatic carbocycles. The second-order valence-corrected chi connectivity index (χ2v) is 6.52. The number of rotatable bonds is 2. The topological polar surface area (TPSA) is 34.1 Å². The third-order valence-electron chi connectivity index (χ3n) is 2.89. The highest BCUT2D eigenvalue weighted by molar-refractivity contribution is 7.91. The van der Waals surface area contributed by atoms with E-state index in [-0.39, 0.29) is 0 Å². The molecule has 0 aromatic carbocycles. The first kappa shape index (κ1) is 10.0. The molecule has 1 saturated heterocycles. The SMILES string of the molecule is CCCC1(C)CCS(=O)(=O)CC1. The van der Waals surface area contributed by atoms with Gasteiger partial charge in [-0.3, -0.25) is 0 Å². The van der Waals surface area contributed by atoms with Gasteiger partial charge in [-0.1, -0.05) is 20.3 Å². The average molecular weight is 190 g/mol. The van der Waals surface area contributed by atoms with Crippen molar-refractivity contribution >= 4 is 9.84 Å². The fourth-order valence-electron chi connectivity index (χ4n) is 1.88. The number of hydrogen-bond acceptors (Lipinski definition) is 2. The molecular formula is C9H18O2S. The molecular weight excluding hydrogens is 172 g/mol. The van der Waals surface area contributed by atoms with Gasteiger partial charge in [-0.15, -0.1) is 0 Å². The lowest BCUT2D eigenvalue weighted by molar-refractivity contribution is 0.263. The fourth-order valence-corrected chi connectivity index (χ4v) is 3.70. The van der Waals surface area contributed by atoms with Crippen molar-refractivity contribution < 1.29 is 8.42 Å². The van der Waals surface area contributed by atoms with Gasteiger partial charge in [0, 0.05) is 0 Å². The Morgan fingerprint density at radius 2 is 1.75 bits per heavy atom. The Balaban J connectivity index is 2.55. The highest BCUT2D eigenvalue weighted by Crippen LogP contribution is 2.36. The molecule has 0 radical (unpaired) electrons. The molecule has 0 aromatic rings. The Kier molecular flexibility index (Phi) is 2.81. The molecule has 1 rings (SSSR count). The van der Waals surface area contributed by atoms with Gasteiger partial charge in [0.25, 0.3) is 0 Å². The largest absolute Gasteiger partial charge is 0.229 e. The summed E-state index contributed by atoms with van der Waals surface area (Å²) in [6, 6.07) is 0. The highest BCUT2D eigenvalue weighted by atomic mass is 32.2. The van der Waals surface area contributed by atoms with Gasteiger partial charge >= 0.3 is 0 Å². The number of hydrogen-bond donors (Lipinski definition) is 0. The van der Waals surface area contributed by atoms with E-state index in [0.29, 0.717) is 16.9 Å². The molecule has 0 saturated carbocycles. The Morgan fingerprint density at radius 1 is 1.25 bits per heavy atom. The second kappa shape index (κ2) is 3.36. The van der Waals surface area contributed by atoms with E-state index in [9.17, 15) is 8.42 Å². The van der Waals surface area contributed by atoms with Crippen LogP contribution in [0, 0.1) is 5.41 Å². The van der Waals surface area contributed by atoms with Crippen molar-refractivity contribution in [2.45, 2.75) is 39.5 Å². The van der Waals surface area contributed by atoms with Crippen molar-refractivity contribution in [2.24, 2.45) is 5.41 Å². The van der Waals surface area contributed by atoms with Crippen LogP contribution < -0.4 is 0 Å². The molecule has 1 heterocycles. The molecule has 0 unspecified atom stereocenters. The molecule has 0 atom stereocenters. The summed E-state index contributed by atoms with van der Waals surface area (Å²) in [5, 5.41) is 0. The fraction of sp³-hybridized carbons (Fsp3) is 1.00. The molecule has 0 aromatic heterocycles. The first-order valence-corrected chi connectivity index (χ1v) is 6.50. The van der Waals surface area contributed by atoms with Crippen LogP contribution in [0.5, 0.6) is 0 Å². The first-order valence-electron chi connectivity index (χ1n) is 4.68. The Bertz CT molecular complexity index is 227. The van der Waals surface area contributed by atoms with E-state index in [1.54, 1.807) is 0 Å².